The number of aliphatic imine (C=N–C) groups is 1. The summed E-state index contributed by atoms with van der Waals surface area (Å²) in [5.74, 6) is 0.838. The first kappa shape index (κ1) is 19.1. The van der Waals surface area contributed by atoms with E-state index in [4.69, 9.17) is 0 Å². The molecule has 0 aromatic heterocycles. The lowest BCUT2D eigenvalue weighted by molar-refractivity contribution is -0.121. The first-order valence-electron chi connectivity index (χ1n) is 9.22. The monoisotopic (exact) mass is 345 g/mol. The van der Waals surface area contributed by atoms with Crippen LogP contribution in [0.2, 0.25) is 0 Å². The molecule has 1 aromatic rings. The Labute approximate surface area is 151 Å². The van der Waals surface area contributed by atoms with Crippen molar-refractivity contribution in [1.82, 2.24) is 16.0 Å². The van der Waals surface area contributed by atoms with Crippen molar-refractivity contribution in [3.8, 4) is 0 Å². The first-order valence-corrected chi connectivity index (χ1v) is 9.22. The van der Waals surface area contributed by atoms with Gasteiger partial charge in [0.15, 0.2) is 5.96 Å². The molecule has 2 rings (SSSR count). The van der Waals surface area contributed by atoms with Gasteiger partial charge in [0.25, 0.3) is 0 Å². The molecule has 1 aliphatic rings. The van der Waals surface area contributed by atoms with Gasteiger partial charge < -0.3 is 20.9 Å². The summed E-state index contributed by atoms with van der Waals surface area (Å²) in [6, 6.07) is 11.0. The molecule has 0 aliphatic carbocycles. The molecule has 0 spiro atoms. The Kier molecular flexibility index (Phi) is 7.57. The van der Waals surface area contributed by atoms with E-state index in [1.165, 1.54) is 5.69 Å². The zero-order valence-corrected chi connectivity index (χ0v) is 15.6. The quantitative estimate of drug-likeness (QED) is 0.520. The zero-order valence-electron chi connectivity index (χ0n) is 15.6. The Morgan fingerprint density at radius 1 is 1.32 bits per heavy atom. The Morgan fingerprint density at radius 3 is 2.76 bits per heavy atom. The molecule has 1 atom stereocenters. The molecule has 1 heterocycles. The fraction of sp³-hybridized carbons (Fsp3) is 0.579. The maximum absolute atomic E-state index is 11.7. The number of carbonyl (C=O) groups is 1. The number of hydrogen-bond donors (Lipinski definition) is 3. The summed E-state index contributed by atoms with van der Waals surface area (Å²) in [6.07, 6.45) is 1.49. The highest BCUT2D eigenvalue weighted by Crippen LogP contribution is 2.19. The lowest BCUT2D eigenvalue weighted by Crippen LogP contribution is -2.44. The van der Waals surface area contributed by atoms with Gasteiger partial charge in [0.2, 0.25) is 5.91 Å². The average molecular weight is 345 g/mol. The van der Waals surface area contributed by atoms with Gasteiger partial charge in [-0.05, 0) is 39.3 Å². The molecular formula is C19H31N5O. The van der Waals surface area contributed by atoms with Gasteiger partial charge in [-0.1, -0.05) is 18.2 Å². The maximum Gasteiger partial charge on any atom is 0.222 e. The SMILES string of the molecule is CCNC(=NCCC(=O)NC(C)C)NC1CCN(c2ccccc2)C1. The van der Waals surface area contributed by atoms with Gasteiger partial charge in [0.1, 0.15) is 0 Å². The molecule has 0 bridgehead atoms. The molecular weight excluding hydrogens is 314 g/mol. The molecule has 1 amide bonds. The Hall–Kier alpha value is -2.24. The Bertz CT molecular complexity index is 558. The average Bonchev–Trinajstić information content (AvgIpc) is 3.03. The highest BCUT2D eigenvalue weighted by Gasteiger charge is 2.23. The van der Waals surface area contributed by atoms with Crippen molar-refractivity contribution in [2.24, 2.45) is 4.99 Å². The molecule has 138 valence electrons. The van der Waals surface area contributed by atoms with Gasteiger partial charge in [-0.25, -0.2) is 0 Å². The largest absolute Gasteiger partial charge is 0.369 e. The summed E-state index contributed by atoms with van der Waals surface area (Å²) in [5, 5.41) is 9.65. The lowest BCUT2D eigenvalue weighted by atomic mass is 10.2. The van der Waals surface area contributed by atoms with E-state index < -0.39 is 0 Å². The lowest BCUT2D eigenvalue weighted by Gasteiger charge is -2.20. The topological polar surface area (TPSA) is 68.8 Å². The molecule has 6 nitrogen and oxygen atoms in total. The summed E-state index contributed by atoms with van der Waals surface area (Å²) in [4.78, 5) is 18.6. The fourth-order valence-electron chi connectivity index (χ4n) is 2.93. The van der Waals surface area contributed by atoms with Crippen molar-refractivity contribution in [1.29, 1.82) is 0 Å². The number of hydrogen-bond acceptors (Lipinski definition) is 3. The Morgan fingerprint density at radius 2 is 2.08 bits per heavy atom. The van der Waals surface area contributed by atoms with Crippen LogP contribution >= 0.6 is 0 Å². The molecule has 0 radical (unpaired) electrons. The zero-order chi connectivity index (χ0) is 18.1. The molecule has 1 aromatic carbocycles. The van der Waals surface area contributed by atoms with Gasteiger partial charge >= 0.3 is 0 Å². The van der Waals surface area contributed by atoms with Crippen LogP contribution in [0.25, 0.3) is 0 Å². The number of nitrogens with zero attached hydrogens (tertiary/aromatic N) is 2. The van der Waals surface area contributed by atoms with Crippen LogP contribution in [-0.2, 0) is 4.79 Å². The third-order valence-corrected chi connectivity index (χ3v) is 4.05. The smallest absolute Gasteiger partial charge is 0.222 e. The van der Waals surface area contributed by atoms with Crippen LogP contribution in [-0.4, -0.2) is 50.1 Å². The minimum Gasteiger partial charge on any atom is -0.369 e. The van der Waals surface area contributed by atoms with Crippen molar-refractivity contribution in [3.63, 3.8) is 0 Å². The number of carbonyl (C=O) groups excluding carboxylic acids is 1. The first-order chi connectivity index (χ1) is 12.1. The van der Waals surface area contributed by atoms with E-state index in [0.29, 0.717) is 19.0 Å². The normalized spacial score (nSPS) is 17.7. The summed E-state index contributed by atoms with van der Waals surface area (Å²) in [5.41, 5.74) is 1.26. The molecule has 1 unspecified atom stereocenters. The van der Waals surface area contributed by atoms with Crippen LogP contribution < -0.4 is 20.9 Å². The van der Waals surface area contributed by atoms with Crippen molar-refractivity contribution >= 4 is 17.6 Å². The maximum atomic E-state index is 11.7. The van der Waals surface area contributed by atoms with Gasteiger partial charge in [-0.3, -0.25) is 9.79 Å². The minimum absolute atomic E-state index is 0.0470. The van der Waals surface area contributed by atoms with Gasteiger partial charge in [0.05, 0.1) is 6.54 Å². The van der Waals surface area contributed by atoms with Crippen molar-refractivity contribution in [3.05, 3.63) is 30.3 Å². The van der Waals surface area contributed by atoms with E-state index >= 15 is 0 Å². The fourth-order valence-corrected chi connectivity index (χ4v) is 2.93. The molecule has 1 saturated heterocycles. The predicted octanol–water partition coefficient (Wildman–Crippen LogP) is 1.74. The number of benzene rings is 1. The standard InChI is InChI=1S/C19H31N5O/c1-4-20-19(21-12-10-18(25)22-15(2)3)23-16-11-13-24(14-16)17-8-6-5-7-9-17/h5-9,15-16H,4,10-14H2,1-3H3,(H,22,25)(H2,20,21,23). The van der Waals surface area contributed by atoms with Gasteiger partial charge in [-0.2, -0.15) is 0 Å². The second-order valence-electron chi connectivity index (χ2n) is 6.64. The number of nitrogens with one attached hydrogen (secondary N) is 3. The molecule has 6 heteroatoms. The molecule has 1 aliphatic heterocycles. The second-order valence-corrected chi connectivity index (χ2v) is 6.64. The number of amides is 1. The number of anilines is 1. The van der Waals surface area contributed by atoms with Crippen LogP contribution in [0.1, 0.15) is 33.6 Å². The minimum atomic E-state index is 0.0470. The van der Waals surface area contributed by atoms with Crippen LogP contribution in [0.3, 0.4) is 0 Å². The van der Waals surface area contributed by atoms with Crippen LogP contribution in [0, 0.1) is 0 Å². The van der Waals surface area contributed by atoms with Crippen LogP contribution in [0.4, 0.5) is 5.69 Å². The number of guanidine groups is 1. The third-order valence-electron chi connectivity index (χ3n) is 4.05. The second kappa shape index (κ2) is 9.91. The summed E-state index contributed by atoms with van der Waals surface area (Å²) in [7, 11) is 0. The van der Waals surface area contributed by atoms with Crippen molar-refractivity contribution in [2.45, 2.75) is 45.7 Å². The van der Waals surface area contributed by atoms with E-state index in [9.17, 15) is 4.79 Å². The number of rotatable bonds is 7. The molecule has 0 saturated carbocycles. The van der Waals surface area contributed by atoms with Gasteiger partial charge in [-0.15, -0.1) is 0 Å². The Balaban J connectivity index is 1.82. The molecule has 25 heavy (non-hydrogen) atoms. The summed E-state index contributed by atoms with van der Waals surface area (Å²) >= 11 is 0. The van der Waals surface area contributed by atoms with Crippen LogP contribution in [0.5, 0.6) is 0 Å². The predicted molar refractivity (Wildman–Crippen MR) is 104 cm³/mol. The highest BCUT2D eigenvalue weighted by atomic mass is 16.1. The molecule has 1 fully saturated rings. The number of para-hydroxylation sites is 1. The highest BCUT2D eigenvalue weighted by molar-refractivity contribution is 5.81. The molecule has 3 N–H and O–H groups in total. The van der Waals surface area contributed by atoms with E-state index in [1.807, 2.05) is 26.8 Å². The van der Waals surface area contributed by atoms with E-state index in [2.05, 4.69) is 50.1 Å². The van der Waals surface area contributed by atoms with E-state index in [0.717, 1.165) is 32.0 Å². The van der Waals surface area contributed by atoms with Crippen molar-refractivity contribution < 1.29 is 4.79 Å². The van der Waals surface area contributed by atoms with Crippen molar-refractivity contribution in [2.75, 3.05) is 31.1 Å². The summed E-state index contributed by atoms with van der Waals surface area (Å²) < 4.78 is 0. The summed E-state index contributed by atoms with van der Waals surface area (Å²) in [6.45, 7) is 9.27. The third kappa shape index (κ3) is 6.64. The van der Waals surface area contributed by atoms with E-state index in [-0.39, 0.29) is 11.9 Å². The van der Waals surface area contributed by atoms with E-state index in [1.54, 1.807) is 0 Å². The van der Waals surface area contributed by atoms with Gasteiger partial charge in [0, 0.05) is 43.8 Å². The van der Waals surface area contributed by atoms with Crippen LogP contribution in [0.15, 0.2) is 35.3 Å².